The molecule has 3 N–H and O–H groups in total. The Hall–Kier alpha value is -2.23. The minimum absolute atomic E-state index is 0.167. The van der Waals surface area contributed by atoms with Crippen LogP contribution in [0.25, 0.3) is 0 Å². The highest BCUT2D eigenvalue weighted by Gasteiger charge is 2.16. The van der Waals surface area contributed by atoms with Crippen LogP contribution in [-0.4, -0.2) is 22.4 Å². The summed E-state index contributed by atoms with van der Waals surface area (Å²) in [6.45, 7) is 2.12. The molecule has 1 amide bonds. The summed E-state index contributed by atoms with van der Waals surface area (Å²) >= 11 is 1.50. The number of rotatable bonds is 3. The van der Waals surface area contributed by atoms with Crippen molar-refractivity contribution in [3.8, 4) is 11.8 Å². The summed E-state index contributed by atoms with van der Waals surface area (Å²) in [6.07, 6.45) is 3.28. The molecule has 0 radical (unpaired) electrons. The highest BCUT2D eigenvalue weighted by molar-refractivity contribution is 7.09. The lowest BCUT2D eigenvalue weighted by molar-refractivity contribution is 0.0934. The van der Waals surface area contributed by atoms with Gasteiger partial charge in [0.05, 0.1) is 18.2 Å². The molecule has 1 atom stereocenters. The molecule has 0 saturated carbocycles. The van der Waals surface area contributed by atoms with Crippen molar-refractivity contribution < 1.29 is 4.79 Å². The van der Waals surface area contributed by atoms with Crippen LogP contribution in [-0.2, 0) is 0 Å². The SMILES string of the molecule is CC(NC(=O)c1ncccc1C#CCN)c1nccs1. The second-order valence-electron chi connectivity index (χ2n) is 3.97. The highest BCUT2D eigenvalue weighted by Crippen LogP contribution is 2.15. The van der Waals surface area contributed by atoms with Gasteiger partial charge in [-0.1, -0.05) is 11.8 Å². The zero-order valence-electron chi connectivity index (χ0n) is 11.0. The predicted molar refractivity (Wildman–Crippen MR) is 78.2 cm³/mol. The Labute approximate surface area is 121 Å². The van der Waals surface area contributed by atoms with Gasteiger partial charge in [-0.05, 0) is 19.1 Å². The molecule has 1 unspecified atom stereocenters. The summed E-state index contributed by atoms with van der Waals surface area (Å²) in [7, 11) is 0. The number of thiazole rings is 1. The van der Waals surface area contributed by atoms with Crippen molar-refractivity contribution in [1.29, 1.82) is 0 Å². The summed E-state index contributed by atoms with van der Waals surface area (Å²) in [6, 6.07) is 3.32. The number of nitrogens with two attached hydrogens (primary N) is 1. The molecule has 5 nitrogen and oxygen atoms in total. The average Bonchev–Trinajstić information content (AvgIpc) is 2.99. The van der Waals surface area contributed by atoms with Gasteiger partial charge in [0.25, 0.3) is 5.91 Å². The molecule has 0 bridgehead atoms. The van der Waals surface area contributed by atoms with Gasteiger partial charge in [0.1, 0.15) is 10.7 Å². The van der Waals surface area contributed by atoms with Gasteiger partial charge in [0.15, 0.2) is 0 Å². The van der Waals surface area contributed by atoms with Crippen LogP contribution in [0, 0.1) is 11.8 Å². The fourth-order valence-corrected chi connectivity index (χ4v) is 2.25. The number of nitrogens with one attached hydrogen (secondary N) is 1. The summed E-state index contributed by atoms with van der Waals surface area (Å²) in [5, 5.41) is 5.59. The largest absolute Gasteiger partial charge is 0.342 e. The maximum absolute atomic E-state index is 12.2. The zero-order valence-corrected chi connectivity index (χ0v) is 11.8. The molecule has 0 fully saturated rings. The number of nitrogens with zero attached hydrogens (tertiary/aromatic N) is 2. The molecular weight excluding hydrogens is 272 g/mol. The minimum Gasteiger partial charge on any atom is -0.342 e. The van der Waals surface area contributed by atoms with Gasteiger partial charge in [0.2, 0.25) is 0 Å². The Balaban J connectivity index is 2.17. The summed E-state index contributed by atoms with van der Waals surface area (Å²) in [5.74, 6) is 5.31. The zero-order chi connectivity index (χ0) is 14.4. The summed E-state index contributed by atoms with van der Waals surface area (Å²) < 4.78 is 0. The molecule has 0 aliphatic carbocycles. The molecule has 20 heavy (non-hydrogen) atoms. The van der Waals surface area contributed by atoms with Crippen LogP contribution in [0.1, 0.15) is 34.0 Å². The monoisotopic (exact) mass is 286 g/mol. The van der Waals surface area contributed by atoms with Crippen molar-refractivity contribution in [3.63, 3.8) is 0 Å². The van der Waals surface area contributed by atoms with E-state index < -0.39 is 0 Å². The van der Waals surface area contributed by atoms with E-state index in [-0.39, 0.29) is 18.5 Å². The Bertz CT molecular complexity index is 643. The predicted octanol–water partition coefficient (Wildman–Crippen LogP) is 1.34. The van der Waals surface area contributed by atoms with Crippen LogP contribution in [0.5, 0.6) is 0 Å². The van der Waals surface area contributed by atoms with E-state index in [0.29, 0.717) is 11.3 Å². The first-order chi connectivity index (χ1) is 9.72. The van der Waals surface area contributed by atoms with Crippen LogP contribution in [0.15, 0.2) is 29.9 Å². The quantitative estimate of drug-likeness (QED) is 0.834. The van der Waals surface area contributed by atoms with Gasteiger partial charge in [0, 0.05) is 17.8 Å². The van der Waals surface area contributed by atoms with Crippen molar-refractivity contribution in [2.75, 3.05) is 6.54 Å². The lowest BCUT2D eigenvalue weighted by Crippen LogP contribution is -2.28. The molecule has 2 rings (SSSR count). The van der Waals surface area contributed by atoms with E-state index in [4.69, 9.17) is 5.73 Å². The molecular formula is C14H14N4OS. The molecule has 102 valence electrons. The average molecular weight is 286 g/mol. The first-order valence-corrected chi connectivity index (χ1v) is 6.94. The second-order valence-corrected chi connectivity index (χ2v) is 4.90. The molecule has 6 heteroatoms. The van der Waals surface area contributed by atoms with E-state index in [1.54, 1.807) is 24.5 Å². The van der Waals surface area contributed by atoms with Crippen molar-refractivity contribution >= 4 is 17.2 Å². The molecule has 0 aliphatic heterocycles. The first kappa shape index (κ1) is 14.2. The van der Waals surface area contributed by atoms with Crippen molar-refractivity contribution in [2.45, 2.75) is 13.0 Å². The number of hydrogen-bond acceptors (Lipinski definition) is 5. The number of aromatic nitrogens is 2. The van der Waals surface area contributed by atoms with Crippen LogP contribution < -0.4 is 11.1 Å². The maximum atomic E-state index is 12.2. The lowest BCUT2D eigenvalue weighted by atomic mass is 10.2. The van der Waals surface area contributed by atoms with E-state index in [1.165, 1.54) is 11.3 Å². The van der Waals surface area contributed by atoms with Crippen molar-refractivity contribution in [3.05, 3.63) is 46.2 Å². The Morgan fingerprint density at radius 1 is 1.50 bits per heavy atom. The smallest absolute Gasteiger partial charge is 0.271 e. The van der Waals surface area contributed by atoms with Gasteiger partial charge in [-0.2, -0.15) is 0 Å². The fraction of sp³-hybridized carbons (Fsp3) is 0.214. The molecule has 2 heterocycles. The standard InChI is InChI=1S/C14H14N4OS/c1-10(14-17-8-9-20-14)18-13(19)12-11(4-2-6-15)5-3-7-16-12/h3,5,7-10H,6,15H2,1H3,(H,18,19). The van der Waals surface area contributed by atoms with Crippen molar-refractivity contribution in [1.82, 2.24) is 15.3 Å². The number of carbonyl (C=O) groups is 1. The number of pyridine rings is 1. The maximum Gasteiger partial charge on any atom is 0.271 e. The van der Waals surface area contributed by atoms with Crippen LogP contribution >= 0.6 is 11.3 Å². The lowest BCUT2D eigenvalue weighted by Gasteiger charge is -2.11. The van der Waals surface area contributed by atoms with Gasteiger partial charge in [-0.25, -0.2) is 9.97 Å². The van der Waals surface area contributed by atoms with Crippen LogP contribution in [0.2, 0.25) is 0 Å². The molecule has 0 aliphatic rings. The van der Waals surface area contributed by atoms with E-state index in [0.717, 1.165) is 5.01 Å². The summed E-state index contributed by atoms with van der Waals surface area (Å²) in [4.78, 5) is 20.5. The van der Waals surface area contributed by atoms with Gasteiger partial charge in [-0.15, -0.1) is 11.3 Å². The van der Waals surface area contributed by atoms with E-state index in [1.807, 2.05) is 12.3 Å². The third kappa shape index (κ3) is 3.41. The molecule has 0 aromatic carbocycles. The second kappa shape index (κ2) is 6.80. The Morgan fingerprint density at radius 2 is 2.35 bits per heavy atom. The molecule has 0 spiro atoms. The van der Waals surface area contributed by atoms with Crippen LogP contribution in [0.4, 0.5) is 0 Å². The molecule has 2 aromatic rings. The minimum atomic E-state index is -0.269. The van der Waals surface area contributed by atoms with Gasteiger partial charge < -0.3 is 11.1 Å². The third-order valence-corrected chi connectivity index (χ3v) is 3.48. The van der Waals surface area contributed by atoms with E-state index >= 15 is 0 Å². The van der Waals surface area contributed by atoms with Gasteiger partial charge in [-0.3, -0.25) is 4.79 Å². The van der Waals surface area contributed by atoms with E-state index in [9.17, 15) is 4.79 Å². The number of hydrogen-bond donors (Lipinski definition) is 2. The normalized spacial score (nSPS) is 11.3. The molecule has 2 aromatic heterocycles. The highest BCUT2D eigenvalue weighted by atomic mass is 32.1. The summed E-state index contributed by atoms with van der Waals surface area (Å²) in [5.41, 5.74) is 6.22. The van der Waals surface area contributed by atoms with Crippen LogP contribution in [0.3, 0.4) is 0 Å². The van der Waals surface area contributed by atoms with E-state index in [2.05, 4.69) is 27.1 Å². The molecule has 0 saturated heterocycles. The topological polar surface area (TPSA) is 80.9 Å². The first-order valence-electron chi connectivity index (χ1n) is 6.06. The van der Waals surface area contributed by atoms with Crippen molar-refractivity contribution in [2.24, 2.45) is 5.73 Å². The third-order valence-electron chi connectivity index (χ3n) is 2.52. The number of amides is 1. The Morgan fingerprint density at radius 3 is 3.05 bits per heavy atom. The van der Waals surface area contributed by atoms with Gasteiger partial charge >= 0.3 is 0 Å². The Kier molecular flexibility index (Phi) is 4.82. The fourth-order valence-electron chi connectivity index (χ4n) is 1.61. The number of carbonyl (C=O) groups excluding carboxylic acids is 1.